The third-order valence-electron chi connectivity index (χ3n) is 6.68. The number of likely N-dealkylation sites (tertiary alicyclic amines) is 1. The maximum absolute atomic E-state index is 15.4. The standard InChI is InChI=1S/C27H39FN2O3S/c1-27(2,3)34-15-5-13-30-14-11-19(20(18-30)16-26(31)32)6-8-24(28)22-10-12-29-25-9-7-21(33-4)17-23(22)25/h7,9-10,12,17,19-20,24H,5-6,8,11,13-16,18H2,1-4H3,(H,31,32)/t19-,20+,24+/m1/s1. The first-order chi connectivity index (χ1) is 16.2. The molecule has 188 valence electrons. The van der Waals surface area contributed by atoms with Gasteiger partial charge in [0.2, 0.25) is 0 Å². The number of carboxylic acid groups (broad SMARTS) is 1. The smallest absolute Gasteiger partial charge is 0.303 e. The Morgan fingerprint density at radius 3 is 2.82 bits per heavy atom. The van der Waals surface area contributed by atoms with Crippen molar-refractivity contribution in [1.82, 2.24) is 9.88 Å². The van der Waals surface area contributed by atoms with E-state index >= 15 is 4.39 Å². The second-order valence-corrected chi connectivity index (χ2v) is 12.3. The van der Waals surface area contributed by atoms with Crippen molar-refractivity contribution >= 4 is 28.6 Å². The Morgan fingerprint density at radius 1 is 1.32 bits per heavy atom. The number of halogens is 1. The number of pyridine rings is 1. The second kappa shape index (κ2) is 12.2. The minimum Gasteiger partial charge on any atom is -0.497 e. The lowest BCUT2D eigenvalue weighted by atomic mass is 9.79. The Bertz CT molecular complexity index is 949. The van der Waals surface area contributed by atoms with Gasteiger partial charge in [-0.1, -0.05) is 20.8 Å². The minimum atomic E-state index is -1.12. The highest BCUT2D eigenvalue weighted by Crippen LogP contribution is 2.36. The first-order valence-electron chi connectivity index (χ1n) is 12.3. The summed E-state index contributed by atoms with van der Waals surface area (Å²) >= 11 is 1.97. The Labute approximate surface area is 207 Å². The van der Waals surface area contributed by atoms with Gasteiger partial charge in [0.25, 0.3) is 0 Å². The minimum absolute atomic E-state index is 0.0722. The number of piperidine rings is 1. The van der Waals surface area contributed by atoms with Gasteiger partial charge in [-0.05, 0) is 86.2 Å². The molecule has 5 nitrogen and oxygen atoms in total. The molecule has 7 heteroatoms. The summed E-state index contributed by atoms with van der Waals surface area (Å²) in [7, 11) is 1.60. The van der Waals surface area contributed by atoms with E-state index < -0.39 is 12.1 Å². The van der Waals surface area contributed by atoms with Gasteiger partial charge >= 0.3 is 5.97 Å². The number of rotatable bonds is 11. The molecule has 1 aliphatic rings. The Balaban J connectivity index is 1.59. The summed E-state index contributed by atoms with van der Waals surface area (Å²) in [4.78, 5) is 18.3. The number of fused-ring (bicyclic) bond motifs is 1. The van der Waals surface area contributed by atoms with E-state index in [1.165, 1.54) is 0 Å². The van der Waals surface area contributed by atoms with Crippen LogP contribution < -0.4 is 4.74 Å². The molecule has 34 heavy (non-hydrogen) atoms. The van der Waals surface area contributed by atoms with Gasteiger partial charge in [-0.2, -0.15) is 11.8 Å². The van der Waals surface area contributed by atoms with Gasteiger partial charge in [-0.25, -0.2) is 4.39 Å². The van der Waals surface area contributed by atoms with Crippen LogP contribution in [0.4, 0.5) is 4.39 Å². The van der Waals surface area contributed by atoms with Crippen LogP contribution in [-0.2, 0) is 4.79 Å². The quantitative estimate of drug-likeness (QED) is 0.369. The first-order valence-corrected chi connectivity index (χ1v) is 13.3. The number of aliphatic carboxylic acids is 1. The maximum atomic E-state index is 15.4. The Kier molecular flexibility index (Phi) is 9.60. The summed E-state index contributed by atoms with van der Waals surface area (Å²) in [5, 5.41) is 10.3. The van der Waals surface area contributed by atoms with Crippen molar-refractivity contribution in [2.24, 2.45) is 11.8 Å². The summed E-state index contributed by atoms with van der Waals surface area (Å²) < 4.78 is 21.0. The third-order valence-corrected chi connectivity index (χ3v) is 8.04. The van der Waals surface area contributed by atoms with Gasteiger partial charge in [-0.15, -0.1) is 0 Å². The summed E-state index contributed by atoms with van der Waals surface area (Å²) in [6, 6.07) is 7.27. The number of benzene rings is 1. The van der Waals surface area contributed by atoms with Crippen molar-refractivity contribution in [2.45, 2.75) is 63.8 Å². The fraction of sp³-hybridized carbons (Fsp3) is 0.630. The molecule has 1 saturated heterocycles. The van der Waals surface area contributed by atoms with Gasteiger partial charge in [0.05, 0.1) is 12.6 Å². The number of aromatic nitrogens is 1. The molecule has 1 aromatic carbocycles. The van der Waals surface area contributed by atoms with E-state index in [0.29, 0.717) is 24.2 Å². The predicted molar refractivity (Wildman–Crippen MR) is 138 cm³/mol. The van der Waals surface area contributed by atoms with E-state index in [4.69, 9.17) is 4.74 Å². The summed E-state index contributed by atoms with van der Waals surface area (Å²) in [6.45, 7) is 9.46. The summed E-state index contributed by atoms with van der Waals surface area (Å²) in [5.74, 6) is 1.34. The zero-order valence-corrected chi connectivity index (χ0v) is 21.7. The molecule has 3 rings (SSSR count). The molecular formula is C27H39FN2O3S. The zero-order chi connectivity index (χ0) is 24.7. The molecule has 0 aliphatic carbocycles. The van der Waals surface area contributed by atoms with Crippen LogP contribution in [0.1, 0.15) is 64.6 Å². The van der Waals surface area contributed by atoms with Crippen LogP contribution in [0.15, 0.2) is 30.5 Å². The number of nitrogens with zero attached hydrogens (tertiary/aromatic N) is 2. The number of thioether (sulfide) groups is 1. The van der Waals surface area contributed by atoms with Crippen LogP contribution in [0.2, 0.25) is 0 Å². The van der Waals surface area contributed by atoms with Crippen molar-refractivity contribution in [2.75, 3.05) is 32.5 Å². The molecule has 2 heterocycles. The number of carbonyl (C=O) groups is 1. The SMILES string of the molecule is COc1ccc2nccc([C@@H](F)CC[C@@H]3CCN(CCCSC(C)(C)C)C[C@@H]3CC(=O)O)c2c1. The second-order valence-electron chi connectivity index (χ2n) is 10.3. The monoisotopic (exact) mass is 490 g/mol. The van der Waals surface area contributed by atoms with Crippen molar-refractivity contribution < 1.29 is 19.0 Å². The van der Waals surface area contributed by atoms with E-state index in [0.717, 1.165) is 49.1 Å². The number of hydrogen-bond acceptors (Lipinski definition) is 5. The highest BCUT2D eigenvalue weighted by Gasteiger charge is 2.31. The lowest BCUT2D eigenvalue weighted by Gasteiger charge is -2.38. The number of alkyl halides is 1. The van der Waals surface area contributed by atoms with E-state index in [1.807, 2.05) is 30.0 Å². The summed E-state index contributed by atoms with van der Waals surface area (Å²) in [5.41, 5.74) is 1.38. The Hall–Kier alpha value is -1.86. The van der Waals surface area contributed by atoms with Crippen LogP contribution in [0, 0.1) is 11.8 Å². The van der Waals surface area contributed by atoms with Gasteiger partial charge in [0.1, 0.15) is 11.9 Å². The molecule has 1 aromatic heterocycles. The molecule has 0 unspecified atom stereocenters. The van der Waals surface area contributed by atoms with Crippen LogP contribution in [-0.4, -0.2) is 58.2 Å². The molecule has 3 atom stereocenters. The van der Waals surface area contributed by atoms with E-state index in [1.54, 1.807) is 19.4 Å². The van der Waals surface area contributed by atoms with E-state index in [2.05, 4.69) is 30.7 Å². The van der Waals surface area contributed by atoms with Crippen molar-refractivity contribution in [3.8, 4) is 5.75 Å². The molecule has 0 radical (unpaired) electrons. The highest BCUT2D eigenvalue weighted by molar-refractivity contribution is 8.00. The van der Waals surface area contributed by atoms with Crippen LogP contribution in [0.25, 0.3) is 10.9 Å². The highest BCUT2D eigenvalue weighted by atomic mass is 32.2. The average molecular weight is 491 g/mol. The first kappa shape index (κ1) is 26.7. The lowest BCUT2D eigenvalue weighted by Crippen LogP contribution is -2.42. The largest absolute Gasteiger partial charge is 0.497 e. The van der Waals surface area contributed by atoms with Gasteiger partial charge in [-0.3, -0.25) is 9.78 Å². The molecule has 2 aromatic rings. The molecule has 1 fully saturated rings. The number of carboxylic acids is 1. The number of hydrogen-bond donors (Lipinski definition) is 1. The zero-order valence-electron chi connectivity index (χ0n) is 20.9. The van der Waals surface area contributed by atoms with Gasteiger partial charge < -0.3 is 14.7 Å². The number of methoxy groups -OCH3 is 1. The lowest BCUT2D eigenvalue weighted by molar-refractivity contribution is -0.139. The molecule has 0 amide bonds. The molecule has 1 N–H and O–H groups in total. The van der Waals surface area contributed by atoms with Crippen molar-refractivity contribution in [1.29, 1.82) is 0 Å². The predicted octanol–water partition coefficient (Wildman–Crippen LogP) is 6.37. The fourth-order valence-electron chi connectivity index (χ4n) is 4.92. The average Bonchev–Trinajstić information content (AvgIpc) is 2.79. The topological polar surface area (TPSA) is 62.7 Å². The molecular weight excluding hydrogens is 451 g/mol. The van der Waals surface area contributed by atoms with Gasteiger partial charge in [0.15, 0.2) is 0 Å². The molecule has 0 spiro atoms. The van der Waals surface area contributed by atoms with Gasteiger partial charge in [0, 0.05) is 29.3 Å². The van der Waals surface area contributed by atoms with Crippen LogP contribution in [0.3, 0.4) is 0 Å². The maximum Gasteiger partial charge on any atom is 0.303 e. The van der Waals surface area contributed by atoms with E-state index in [-0.39, 0.29) is 23.0 Å². The molecule has 0 saturated carbocycles. The van der Waals surface area contributed by atoms with Crippen LogP contribution >= 0.6 is 11.8 Å². The number of ether oxygens (including phenoxy) is 1. The Morgan fingerprint density at radius 2 is 2.12 bits per heavy atom. The fourth-order valence-corrected chi connectivity index (χ4v) is 5.81. The third kappa shape index (κ3) is 7.84. The van der Waals surface area contributed by atoms with E-state index in [9.17, 15) is 9.90 Å². The summed E-state index contributed by atoms with van der Waals surface area (Å²) in [6.07, 6.45) is 3.82. The van der Waals surface area contributed by atoms with Crippen LogP contribution in [0.5, 0.6) is 5.75 Å². The van der Waals surface area contributed by atoms with Crippen molar-refractivity contribution in [3.05, 3.63) is 36.0 Å². The normalized spacial score (nSPS) is 20.4. The molecule has 1 aliphatic heterocycles. The van der Waals surface area contributed by atoms with Crippen molar-refractivity contribution in [3.63, 3.8) is 0 Å². The molecule has 0 bridgehead atoms.